The van der Waals surface area contributed by atoms with Gasteiger partial charge in [0.05, 0.1) is 15.9 Å². The molecule has 1 nitrogen and oxygen atoms in total. The lowest BCUT2D eigenvalue weighted by Crippen LogP contribution is -1.86. The summed E-state index contributed by atoms with van der Waals surface area (Å²) in [6.45, 7) is 2.24. The number of halogens is 1. The average Bonchev–Trinajstić information content (AvgIpc) is 2.75. The summed E-state index contributed by atoms with van der Waals surface area (Å²) in [5, 5.41) is 2.84. The van der Waals surface area contributed by atoms with E-state index in [4.69, 9.17) is 11.6 Å². The molecule has 0 aliphatic heterocycles. The van der Waals surface area contributed by atoms with Crippen molar-refractivity contribution >= 4 is 34.7 Å². The molecule has 3 aromatic carbocycles. The standard InChI is InChI=1S/C26H22ClNS/c1-2-3-4-5-20-8-13-23(14-9-20)24-15-10-21(11-16-24)6-7-22-12-17-26(28-19-29)25(27)18-22/h8-18H,2-5H2,1H3. The van der Waals surface area contributed by atoms with Gasteiger partial charge in [-0.1, -0.05) is 79.6 Å². The highest BCUT2D eigenvalue weighted by atomic mass is 35.5. The van der Waals surface area contributed by atoms with Crippen molar-refractivity contribution in [1.29, 1.82) is 0 Å². The molecule has 0 saturated carbocycles. The van der Waals surface area contributed by atoms with E-state index < -0.39 is 0 Å². The van der Waals surface area contributed by atoms with Gasteiger partial charge in [0.2, 0.25) is 0 Å². The second-order valence-corrected chi connectivity index (χ2v) is 7.44. The van der Waals surface area contributed by atoms with Gasteiger partial charge < -0.3 is 0 Å². The molecule has 0 aliphatic carbocycles. The first kappa shape index (κ1) is 21.0. The molecule has 29 heavy (non-hydrogen) atoms. The molecule has 0 unspecified atom stereocenters. The van der Waals surface area contributed by atoms with E-state index in [2.05, 4.69) is 77.5 Å². The Bertz CT molecular complexity index is 1070. The predicted octanol–water partition coefficient (Wildman–Crippen LogP) is 7.87. The lowest BCUT2D eigenvalue weighted by Gasteiger charge is -2.05. The zero-order valence-corrected chi connectivity index (χ0v) is 18.0. The minimum atomic E-state index is 0.516. The summed E-state index contributed by atoms with van der Waals surface area (Å²) in [7, 11) is 0. The number of benzene rings is 3. The maximum atomic E-state index is 6.18. The minimum absolute atomic E-state index is 0.516. The number of aliphatic imine (C=N–C) groups is 1. The zero-order chi connectivity index (χ0) is 20.5. The lowest BCUT2D eigenvalue weighted by molar-refractivity contribution is 0.717. The molecule has 0 aliphatic rings. The van der Waals surface area contributed by atoms with Crippen LogP contribution in [0.15, 0.2) is 71.7 Å². The third-order valence-corrected chi connectivity index (χ3v) is 5.10. The van der Waals surface area contributed by atoms with Crippen molar-refractivity contribution < 1.29 is 0 Å². The first-order valence-electron chi connectivity index (χ1n) is 9.78. The van der Waals surface area contributed by atoms with E-state index in [0.717, 1.165) is 17.5 Å². The second-order valence-electron chi connectivity index (χ2n) is 6.85. The maximum absolute atomic E-state index is 6.18. The zero-order valence-electron chi connectivity index (χ0n) is 16.4. The van der Waals surface area contributed by atoms with Gasteiger partial charge in [-0.2, -0.15) is 4.99 Å². The molecule has 0 fully saturated rings. The van der Waals surface area contributed by atoms with E-state index in [1.807, 2.05) is 18.2 Å². The number of hydrogen-bond acceptors (Lipinski definition) is 2. The van der Waals surface area contributed by atoms with Crippen LogP contribution in [0.1, 0.15) is 42.9 Å². The Hall–Kier alpha value is -2.69. The highest BCUT2D eigenvalue weighted by Crippen LogP contribution is 2.25. The van der Waals surface area contributed by atoms with E-state index in [0.29, 0.717) is 10.7 Å². The molecule has 0 atom stereocenters. The van der Waals surface area contributed by atoms with Crippen LogP contribution in [-0.4, -0.2) is 5.16 Å². The smallest absolute Gasteiger partial charge is 0.0926 e. The lowest BCUT2D eigenvalue weighted by atomic mass is 10.0. The Morgan fingerprint density at radius 3 is 2.07 bits per heavy atom. The van der Waals surface area contributed by atoms with Crippen molar-refractivity contribution in [2.45, 2.75) is 32.6 Å². The topological polar surface area (TPSA) is 12.4 Å². The summed E-state index contributed by atoms with van der Waals surface area (Å²) in [6.07, 6.45) is 4.97. The fraction of sp³-hybridized carbons (Fsp3) is 0.192. The van der Waals surface area contributed by atoms with Gasteiger partial charge in [-0.3, -0.25) is 0 Å². The predicted molar refractivity (Wildman–Crippen MR) is 127 cm³/mol. The monoisotopic (exact) mass is 415 g/mol. The summed E-state index contributed by atoms with van der Waals surface area (Å²) in [5.74, 6) is 6.32. The van der Waals surface area contributed by atoms with Crippen LogP contribution < -0.4 is 0 Å². The molecule has 3 rings (SSSR count). The Morgan fingerprint density at radius 2 is 1.45 bits per heavy atom. The summed E-state index contributed by atoms with van der Waals surface area (Å²) in [5.41, 5.74) is 6.23. The fourth-order valence-electron chi connectivity index (χ4n) is 3.06. The number of isothiocyanates is 1. The summed E-state index contributed by atoms with van der Waals surface area (Å²) >= 11 is 10.8. The highest BCUT2D eigenvalue weighted by Gasteiger charge is 2.00. The Labute approximate surface area is 183 Å². The van der Waals surface area contributed by atoms with E-state index >= 15 is 0 Å². The van der Waals surface area contributed by atoms with Crippen molar-refractivity contribution in [2.75, 3.05) is 0 Å². The number of aryl methyl sites for hydroxylation is 1. The van der Waals surface area contributed by atoms with Gasteiger partial charge in [0.25, 0.3) is 0 Å². The van der Waals surface area contributed by atoms with E-state index in [1.54, 1.807) is 12.1 Å². The largest absolute Gasteiger partial charge is 0.193 e. The van der Waals surface area contributed by atoms with Crippen LogP contribution in [-0.2, 0) is 6.42 Å². The molecule has 0 heterocycles. The number of hydrogen-bond donors (Lipinski definition) is 0. The first-order chi connectivity index (χ1) is 14.2. The fourth-order valence-corrected chi connectivity index (χ4v) is 3.38. The highest BCUT2D eigenvalue weighted by molar-refractivity contribution is 7.78. The Morgan fingerprint density at radius 1 is 0.828 bits per heavy atom. The molecule has 0 aromatic heterocycles. The summed E-state index contributed by atoms with van der Waals surface area (Å²) in [4.78, 5) is 3.91. The molecule has 0 N–H and O–H groups in total. The number of unbranched alkanes of at least 4 members (excludes halogenated alkanes) is 2. The van der Waals surface area contributed by atoms with Gasteiger partial charge >= 0.3 is 0 Å². The number of rotatable bonds is 6. The van der Waals surface area contributed by atoms with Crippen molar-refractivity contribution in [3.05, 3.63) is 88.4 Å². The van der Waals surface area contributed by atoms with Crippen LogP contribution in [0.25, 0.3) is 11.1 Å². The number of thiocarbonyl (C=S) groups is 1. The van der Waals surface area contributed by atoms with Crippen molar-refractivity contribution in [1.82, 2.24) is 0 Å². The molecule has 144 valence electrons. The van der Waals surface area contributed by atoms with Gasteiger partial charge in [0, 0.05) is 11.1 Å². The Kier molecular flexibility index (Phi) is 7.79. The first-order valence-corrected chi connectivity index (χ1v) is 10.6. The third kappa shape index (κ3) is 6.14. The molecule has 0 spiro atoms. The van der Waals surface area contributed by atoms with E-state index in [-0.39, 0.29) is 0 Å². The molecule has 3 heteroatoms. The third-order valence-electron chi connectivity index (χ3n) is 4.71. The van der Waals surface area contributed by atoms with Gasteiger partial charge in [0.1, 0.15) is 0 Å². The molecule has 0 amide bonds. The second kappa shape index (κ2) is 10.7. The minimum Gasteiger partial charge on any atom is -0.193 e. The maximum Gasteiger partial charge on any atom is 0.0926 e. The summed E-state index contributed by atoms with van der Waals surface area (Å²) in [6, 6.07) is 22.6. The van der Waals surface area contributed by atoms with Crippen LogP contribution in [0, 0.1) is 11.8 Å². The SMILES string of the molecule is CCCCCc1ccc(-c2ccc(C#Cc3ccc(N=C=S)c(Cl)c3)cc2)cc1. The molecular formula is C26H22ClNS. The molecule has 0 bridgehead atoms. The van der Waals surface area contributed by atoms with E-state index in [9.17, 15) is 0 Å². The molecule has 3 aromatic rings. The van der Waals surface area contributed by atoms with Crippen molar-refractivity contribution in [2.24, 2.45) is 4.99 Å². The van der Waals surface area contributed by atoms with E-state index in [1.165, 1.54) is 36.0 Å². The van der Waals surface area contributed by atoms with Gasteiger partial charge in [-0.15, -0.1) is 0 Å². The van der Waals surface area contributed by atoms with Crippen LogP contribution >= 0.6 is 23.8 Å². The number of nitrogens with zero attached hydrogens (tertiary/aromatic N) is 1. The van der Waals surface area contributed by atoms with Crippen LogP contribution in [0.5, 0.6) is 0 Å². The van der Waals surface area contributed by atoms with Crippen LogP contribution in [0.2, 0.25) is 5.02 Å². The van der Waals surface area contributed by atoms with Crippen molar-refractivity contribution in [3.8, 4) is 23.0 Å². The van der Waals surface area contributed by atoms with Gasteiger partial charge in [0.15, 0.2) is 0 Å². The van der Waals surface area contributed by atoms with Gasteiger partial charge in [-0.25, -0.2) is 0 Å². The normalized spacial score (nSPS) is 10.0. The quantitative estimate of drug-likeness (QED) is 0.172. The van der Waals surface area contributed by atoms with Crippen molar-refractivity contribution in [3.63, 3.8) is 0 Å². The average molecular weight is 416 g/mol. The van der Waals surface area contributed by atoms with Crippen LogP contribution in [0.4, 0.5) is 5.69 Å². The molecule has 0 saturated heterocycles. The molecular weight excluding hydrogens is 394 g/mol. The van der Waals surface area contributed by atoms with Crippen LogP contribution in [0.3, 0.4) is 0 Å². The molecule has 0 radical (unpaired) electrons. The summed E-state index contributed by atoms with van der Waals surface area (Å²) < 4.78 is 0. The van der Waals surface area contributed by atoms with Gasteiger partial charge in [-0.05, 0) is 72.1 Å². The Balaban J connectivity index is 1.69.